The summed E-state index contributed by atoms with van der Waals surface area (Å²) in [5.41, 5.74) is 0.817. The van der Waals surface area contributed by atoms with Crippen molar-refractivity contribution >= 4 is 0 Å². The van der Waals surface area contributed by atoms with Crippen molar-refractivity contribution in [3.05, 3.63) is 11.6 Å². The van der Waals surface area contributed by atoms with Crippen molar-refractivity contribution in [3.8, 4) is 0 Å². The van der Waals surface area contributed by atoms with Crippen LogP contribution >= 0.6 is 0 Å². The van der Waals surface area contributed by atoms with Crippen LogP contribution in [0, 0.1) is 5.92 Å². The molecule has 0 unspecified atom stereocenters. The zero-order chi connectivity index (χ0) is 8.81. The summed E-state index contributed by atoms with van der Waals surface area (Å²) in [6, 6.07) is 0. The van der Waals surface area contributed by atoms with Gasteiger partial charge in [0, 0.05) is 0 Å². The normalized spacial score (nSPS) is 21.3. The molecule has 2 heteroatoms. The molecule has 0 radical (unpaired) electrons. The van der Waals surface area contributed by atoms with E-state index in [4.69, 9.17) is 5.11 Å². The predicted molar refractivity (Wildman–Crippen MR) is 47.7 cm³/mol. The molecule has 0 heterocycles. The Bertz CT molecular complexity index is 148. The third-order valence-electron chi connectivity index (χ3n) is 2.64. The molecule has 0 spiro atoms. The van der Waals surface area contributed by atoms with Gasteiger partial charge in [-0.05, 0) is 24.3 Å². The first-order chi connectivity index (χ1) is 5.88. The molecule has 1 aliphatic rings. The third-order valence-corrected chi connectivity index (χ3v) is 2.64. The van der Waals surface area contributed by atoms with Crippen molar-refractivity contribution in [2.75, 3.05) is 13.3 Å². The molecule has 0 bridgehead atoms. The first-order valence-electron chi connectivity index (χ1n) is 4.74. The average molecular weight is 172 g/mol. The summed E-state index contributed by atoms with van der Waals surface area (Å²) in [6.45, 7) is -0.402. The molecular formula is C10H17FO. The maximum Gasteiger partial charge on any atom is 0.111 e. The molecule has 0 aromatic rings. The highest BCUT2D eigenvalue weighted by Gasteiger charge is 2.16. The molecular weight excluding hydrogens is 155 g/mol. The number of allylic oxidation sites excluding steroid dienone is 1. The highest BCUT2D eigenvalue weighted by molar-refractivity contribution is 5.08. The maximum atomic E-state index is 12.4. The fraction of sp³-hybridized carbons (Fsp3) is 0.800. The van der Waals surface area contributed by atoms with E-state index in [1.54, 1.807) is 6.08 Å². The van der Waals surface area contributed by atoms with E-state index in [9.17, 15) is 4.39 Å². The van der Waals surface area contributed by atoms with Crippen molar-refractivity contribution in [3.63, 3.8) is 0 Å². The number of alkyl halides is 1. The van der Waals surface area contributed by atoms with E-state index in [0.717, 1.165) is 18.4 Å². The molecule has 1 saturated carbocycles. The Hall–Kier alpha value is -0.370. The lowest BCUT2D eigenvalue weighted by molar-refractivity contribution is 0.331. The van der Waals surface area contributed by atoms with E-state index in [0.29, 0.717) is 5.92 Å². The van der Waals surface area contributed by atoms with Gasteiger partial charge in [-0.2, -0.15) is 0 Å². The standard InChI is InChI=1S/C10H17FO/c11-8-10(6-7-12)9-4-2-1-3-5-9/h6,9,12H,1-5,7-8H2/b10-6+. The summed E-state index contributed by atoms with van der Waals surface area (Å²) in [6.07, 6.45) is 7.57. The van der Waals surface area contributed by atoms with Gasteiger partial charge in [-0.15, -0.1) is 0 Å². The lowest BCUT2D eigenvalue weighted by Crippen LogP contribution is -2.11. The highest BCUT2D eigenvalue weighted by atomic mass is 19.1. The summed E-state index contributed by atoms with van der Waals surface area (Å²) in [4.78, 5) is 0. The highest BCUT2D eigenvalue weighted by Crippen LogP contribution is 2.29. The van der Waals surface area contributed by atoms with Crippen LogP contribution in [0.1, 0.15) is 32.1 Å². The fourth-order valence-corrected chi connectivity index (χ4v) is 1.92. The molecule has 0 atom stereocenters. The number of hydrogen-bond donors (Lipinski definition) is 1. The van der Waals surface area contributed by atoms with Gasteiger partial charge in [0.25, 0.3) is 0 Å². The van der Waals surface area contributed by atoms with E-state index in [1.165, 1.54) is 19.3 Å². The summed E-state index contributed by atoms with van der Waals surface area (Å²) in [7, 11) is 0. The second-order valence-electron chi connectivity index (χ2n) is 3.43. The van der Waals surface area contributed by atoms with Gasteiger partial charge in [-0.1, -0.05) is 25.3 Å². The van der Waals surface area contributed by atoms with Gasteiger partial charge in [0.1, 0.15) is 6.67 Å². The number of rotatable bonds is 3. The van der Waals surface area contributed by atoms with Crippen LogP contribution in [0.5, 0.6) is 0 Å². The van der Waals surface area contributed by atoms with Crippen molar-refractivity contribution in [2.24, 2.45) is 5.92 Å². The van der Waals surface area contributed by atoms with Gasteiger partial charge >= 0.3 is 0 Å². The van der Waals surface area contributed by atoms with Gasteiger partial charge in [0.05, 0.1) is 6.61 Å². The minimum atomic E-state index is -0.384. The van der Waals surface area contributed by atoms with E-state index in [1.807, 2.05) is 0 Å². The molecule has 1 rings (SSSR count). The minimum Gasteiger partial charge on any atom is -0.392 e. The Morgan fingerprint density at radius 3 is 2.50 bits per heavy atom. The largest absolute Gasteiger partial charge is 0.392 e. The lowest BCUT2D eigenvalue weighted by Gasteiger charge is -2.22. The predicted octanol–water partition coefficient (Wildman–Crippen LogP) is 2.45. The second-order valence-corrected chi connectivity index (χ2v) is 3.43. The Kier molecular flexibility index (Phi) is 4.30. The summed E-state index contributed by atoms with van der Waals surface area (Å²) in [5, 5.41) is 8.66. The number of aliphatic hydroxyl groups excluding tert-OH is 1. The van der Waals surface area contributed by atoms with Gasteiger partial charge in [0.2, 0.25) is 0 Å². The van der Waals surface area contributed by atoms with Crippen LogP contribution in [-0.2, 0) is 0 Å². The minimum absolute atomic E-state index is 0.0181. The van der Waals surface area contributed by atoms with Crippen molar-refractivity contribution in [1.29, 1.82) is 0 Å². The van der Waals surface area contributed by atoms with Crippen molar-refractivity contribution in [2.45, 2.75) is 32.1 Å². The SMILES string of the molecule is OC/C=C(\CF)C1CCCCC1. The van der Waals surface area contributed by atoms with E-state index >= 15 is 0 Å². The molecule has 0 aromatic carbocycles. The van der Waals surface area contributed by atoms with Crippen LogP contribution in [0.25, 0.3) is 0 Å². The second kappa shape index (κ2) is 5.31. The molecule has 70 valence electrons. The van der Waals surface area contributed by atoms with E-state index < -0.39 is 0 Å². The third kappa shape index (κ3) is 2.59. The molecule has 0 aromatic heterocycles. The molecule has 0 saturated heterocycles. The van der Waals surface area contributed by atoms with Crippen molar-refractivity contribution in [1.82, 2.24) is 0 Å². The molecule has 1 aliphatic carbocycles. The fourth-order valence-electron chi connectivity index (χ4n) is 1.92. The number of aliphatic hydroxyl groups is 1. The van der Waals surface area contributed by atoms with Crippen LogP contribution in [0.2, 0.25) is 0 Å². The Morgan fingerprint density at radius 1 is 1.33 bits per heavy atom. The number of hydrogen-bond acceptors (Lipinski definition) is 1. The first kappa shape index (κ1) is 9.72. The Morgan fingerprint density at radius 2 is 2.00 bits per heavy atom. The van der Waals surface area contributed by atoms with Crippen LogP contribution < -0.4 is 0 Å². The van der Waals surface area contributed by atoms with Crippen LogP contribution in [0.15, 0.2) is 11.6 Å². The zero-order valence-corrected chi connectivity index (χ0v) is 7.43. The average Bonchev–Trinajstić information content (AvgIpc) is 2.15. The first-order valence-corrected chi connectivity index (χ1v) is 4.74. The van der Waals surface area contributed by atoms with Gasteiger partial charge in [-0.3, -0.25) is 0 Å². The Balaban J connectivity index is 2.46. The monoisotopic (exact) mass is 172 g/mol. The van der Waals surface area contributed by atoms with Gasteiger partial charge in [0.15, 0.2) is 0 Å². The quantitative estimate of drug-likeness (QED) is 0.648. The van der Waals surface area contributed by atoms with Crippen LogP contribution in [0.4, 0.5) is 4.39 Å². The number of halogens is 1. The molecule has 1 fully saturated rings. The molecule has 12 heavy (non-hydrogen) atoms. The van der Waals surface area contributed by atoms with Gasteiger partial charge < -0.3 is 5.11 Å². The summed E-state index contributed by atoms with van der Waals surface area (Å²) >= 11 is 0. The summed E-state index contributed by atoms with van der Waals surface area (Å²) in [5.74, 6) is 0.413. The van der Waals surface area contributed by atoms with Crippen LogP contribution in [-0.4, -0.2) is 18.4 Å². The molecule has 0 aliphatic heterocycles. The lowest BCUT2D eigenvalue weighted by atomic mass is 9.84. The van der Waals surface area contributed by atoms with Gasteiger partial charge in [-0.25, -0.2) is 4.39 Å². The maximum absolute atomic E-state index is 12.4. The smallest absolute Gasteiger partial charge is 0.111 e. The molecule has 1 nitrogen and oxygen atoms in total. The Labute approximate surface area is 73.3 Å². The van der Waals surface area contributed by atoms with E-state index in [-0.39, 0.29) is 13.3 Å². The van der Waals surface area contributed by atoms with E-state index in [2.05, 4.69) is 0 Å². The molecule has 0 amide bonds. The zero-order valence-electron chi connectivity index (χ0n) is 7.43. The van der Waals surface area contributed by atoms with Crippen LogP contribution in [0.3, 0.4) is 0 Å². The molecule has 1 N–H and O–H groups in total. The van der Waals surface area contributed by atoms with Crippen molar-refractivity contribution < 1.29 is 9.50 Å². The topological polar surface area (TPSA) is 20.2 Å². The summed E-state index contributed by atoms with van der Waals surface area (Å²) < 4.78 is 12.4.